The third-order valence-corrected chi connectivity index (χ3v) is 9.41. The normalized spacial score (nSPS) is 19.6. The van der Waals surface area contributed by atoms with Crippen LogP contribution in [0.4, 0.5) is 11.5 Å². The summed E-state index contributed by atoms with van der Waals surface area (Å²) in [5.74, 6) is 1.34. The topological polar surface area (TPSA) is 102 Å². The second kappa shape index (κ2) is 15.9. The SMILES string of the molecule is CNc1ccc(-c2cn(C3CCCC(N4CCN(C)CC4)CCC3)c3ncnc(N)c23)cc1OC.O=CCCc1ccccc1. The van der Waals surface area contributed by atoms with E-state index < -0.39 is 0 Å². The van der Waals surface area contributed by atoms with Crippen LogP contribution in [-0.2, 0) is 11.2 Å². The summed E-state index contributed by atoms with van der Waals surface area (Å²) in [4.78, 5) is 24.2. The maximum absolute atomic E-state index is 9.98. The highest BCUT2D eigenvalue weighted by Gasteiger charge is 2.26. The van der Waals surface area contributed by atoms with Crippen molar-refractivity contribution in [2.24, 2.45) is 0 Å². The van der Waals surface area contributed by atoms with Gasteiger partial charge in [-0.2, -0.15) is 0 Å². The molecular formula is C36H49N7O2. The zero-order chi connectivity index (χ0) is 31.6. The Hall–Kier alpha value is -3.95. The molecule has 45 heavy (non-hydrogen) atoms. The number of hydrogen-bond donors (Lipinski definition) is 2. The molecule has 0 spiro atoms. The first-order valence-corrected chi connectivity index (χ1v) is 16.4. The number of aryl methyl sites for hydroxylation is 1. The molecule has 2 aromatic carbocycles. The minimum absolute atomic E-state index is 0.424. The molecule has 3 N–H and O–H groups in total. The van der Waals surface area contributed by atoms with Gasteiger partial charge in [-0.3, -0.25) is 4.90 Å². The monoisotopic (exact) mass is 611 g/mol. The van der Waals surface area contributed by atoms with Gasteiger partial charge in [-0.15, -0.1) is 0 Å². The maximum Gasteiger partial charge on any atom is 0.146 e. The van der Waals surface area contributed by atoms with Gasteiger partial charge in [-0.25, -0.2) is 9.97 Å². The molecular weight excluding hydrogens is 562 g/mol. The number of nitrogens with zero attached hydrogens (tertiary/aromatic N) is 5. The molecule has 2 aliphatic rings. The number of aldehydes is 1. The Labute approximate surface area is 267 Å². The average Bonchev–Trinajstić information content (AvgIpc) is 3.45. The van der Waals surface area contributed by atoms with E-state index in [0.717, 1.165) is 52.3 Å². The fourth-order valence-electron chi connectivity index (χ4n) is 6.84. The number of ether oxygens (including phenoxy) is 1. The lowest BCUT2D eigenvalue weighted by molar-refractivity contribution is -0.107. The highest BCUT2D eigenvalue weighted by Crippen LogP contribution is 2.39. The maximum atomic E-state index is 9.98. The van der Waals surface area contributed by atoms with Crippen molar-refractivity contribution >= 4 is 28.8 Å². The minimum Gasteiger partial charge on any atom is -0.495 e. The molecule has 3 heterocycles. The molecule has 1 saturated carbocycles. The van der Waals surface area contributed by atoms with Crippen molar-refractivity contribution in [2.45, 2.75) is 63.5 Å². The van der Waals surface area contributed by atoms with Gasteiger partial charge in [-0.1, -0.05) is 36.4 Å². The van der Waals surface area contributed by atoms with Crippen molar-refractivity contribution < 1.29 is 9.53 Å². The standard InChI is InChI=1S/C27H39N7O.C9H10O/c1-29-23-11-10-19(16-24(23)35-3)22-17-34(27-25(22)26(28)30-18-31-27)21-8-4-6-20(7-5-9-21)33-14-12-32(2)13-15-33;10-8-4-7-9-5-2-1-3-6-9/h10-11,16-18,20-21,29H,4-9,12-15H2,1-3H3,(H2,28,30,31);1-3,5-6,8H,4,7H2. The molecule has 1 aliphatic carbocycles. The molecule has 1 saturated heterocycles. The van der Waals surface area contributed by atoms with E-state index >= 15 is 0 Å². The van der Waals surface area contributed by atoms with Crippen LogP contribution < -0.4 is 15.8 Å². The zero-order valence-electron chi connectivity index (χ0n) is 27.1. The summed E-state index contributed by atoms with van der Waals surface area (Å²) in [5, 5.41) is 4.12. The van der Waals surface area contributed by atoms with Gasteiger partial charge in [0.1, 0.15) is 29.8 Å². The molecule has 1 aliphatic heterocycles. The van der Waals surface area contributed by atoms with E-state index in [9.17, 15) is 4.79 Å². The van der Waals surface area contributed by atoms with Gasteiger partial charge in [0.25, 0.3) is 0 Å². The van der Waals surface area contributed by atoms with Gasteiger partial charge in [0, 0.05) is 63.5 Å². The predicted octanol–water partition coefficient (Wildman–Crippen LogP) is 6.06. The summed E-state index contributed by atoms with van der Waals surface area (Å²) < 4.78 is 7.99. The quantitative estimate of drug-likeness (QED) is 0.232. The highest BCUT2D eigenvalue weighted by atomic mass is 16.5. The Bertz CT molecular complexity index is 1500. The Balaban J connectivity index is 0.000000342. The van der Waals surface area contributed by atoms with Crippen molar-refractivity contribution in [3.05, 3.63) is 66.6 Å². The molecule has 6 rings (SSSR count). The summed E-state index contributed by atoms with van der Waals surface area (Å²) >= 11 is 0. The Morgan fingerprint density at radius 2 is 1.69 bits per heavy atom. The number of nitrogen functional groups attached to an aromatic ring is 1. The number of rotatable bonds is 8. The molecule has 0 radical (unpaired) electrons. The van der Waals surface area contributed by atoms with Crippen LogP contribution in [0.15, 0.2) is 61.1 Å². The van der Waals surface area contributed by atoms with E-state index in [1.54, 1.807) is 13.4 Å². The van der Waals surface area contributed by atoms with Crippen molar-refractivity contribution in [2.75, 3.05) is 58.4 Å². The summed E-state index contributed by atoms with van der Waals surface area (Å²) in [6.45, 7) is 4.81. The van der Waals surface area contributed by atoms with Gasteiger partial charge >= 0.3 is 0 Å². The van der Waals surface area contributed by atoms with E-state index in [1.807, 2.05) is 43.4 Å². The third-order valence-electron chi connectivity index (χ3n) is 9.41. The van der Waals surface area contributed by atoms with Gasteiger partial charge in [0.2, 0.25) is 0 Å². The molecule has 9 heteroatoms. The van der Waals surface area contributed by atoms with Crippen LogP contribution in [0.5, 0.6) is 5.75 Å². The van der Waals surface area contributed by atoms with Crippen molar-refractivity contribution in [3.8, 4) is 16.9 Å². The second-order valence-electron chi connectivity index (χ2n) is 12.3. The fourth-order valence-corrected chi connectivity index (χ4v) is 6.84. The van der Waals surface area contributed by atoms with Gasteiger partial charge < -0.3 is 30.0 Å². The second-order valence-corrected chi connectivity index (χ2v) is 12.3. The molecule has 9 nitrogen and oxygen atoms in total. The van der Waals surface area contributed by atoms with Crippen molar-refractivity contribution in [1.82, 2.24) is 24.3 Å². The fraction of sp³-hybridized carbons (Fsp3) is 0.472. The number of aromatic nitrogens is 3. The van der Waals surface area contributed by atoms with E-state index in [2.05, 4.69) is 50.0 Å². The average molecular weight is 612 g/mol. The molecule has 240 valence electrons. The zero-order valence-corrected chi connectivity index (χ0v) is 27.1. The molecule has 4 aromatic rings. The molecule has 0 unspecified atom stereocenters. The minimum atomic E-state index is 0.424. The van der Waals surface area contributed by atoms with Crippen LogP contribution in [0.2, 0.25) is 0 Å². The Morgan fingerprint density at radius 3 is 2.36 bits per heavy atom. The first-order chi connectivity index (χ1) is 22.0. The number of nitrogens with two attached hydrogens (primary N) is 1. The van der Waals surface area contributed by atoms with Crippen LogP contribution in [0.1, 0.15) is 56.6 Å². The predicted molar refractivity (Wildman–Crippen MR) is 184 cm³/mol. The summed E-state index contributed by atoms with van der Waals surface area (Å²) in [6, 6.07) is 17.4. The molecule has 0 amide bonds. The molecule has 2 aromatic heterocycles. The van der Waals surface area contributed by atoms with Crippen LogP contribution in [0.3, 0.4) is 0 Å². The van der Waals surface area contributed by atoms with E-state index in [1.165, 1.54) is 70.3 Å². The first kappa shape index (κ1) is 32.4. The van der Waals surface area contributed by atoms with Crippen molar-refractivity contribution in [1.29, 1.82) is 0 Å². The largest absolute Gasteiger partial charge is 0.495 e. The number of likely N-dealkylation sites (N-methyl/N-ethyl adjacent to an activating group) is 1. The molecule has 0 atom stereocenters. The number of fused-ring (bicyclic) bond motifs is 1. The highest BCUT2D eigenvalue weighted by molar-refractivity contribution is 6.01. The summed E-state index contributed by atoms with van der Waals surface area (Å²) in [5.41, 5.74) is 11.7. The lowest BCUT2D eigenvalue weighted by Gasteiger charge is -2.39. The number of piperazine rings is 1. The number of hydrogen-bond acceptors (Lipinski definition) is 8. The number of anilines is 2. The molecule has 0 bridgehead atoms. The summed E-state index contributed by atoms with van der Waals surface area (Å²) in [6.07, 6.45) is 13.7. The van der Waals surface area contributed by atoms with Gasteiger partial charge in [0.05, 0.1) is 18.2 Å². The van der Waals surface area contributed by atoms with E-state index in [4.69, 9.17) is 15.5 Å². The van der Waals surface area contributed by atoms with E-state index in [0.29, 0.717) is 18.3 Å². The lowest BCUT2D eigenvalue weighted by Crippen LogP contribution is -2.49. The van der Waals surface area contributed by atoms with Crippen LogP contribution in [-0.4, -0.2) is 84.0 Å². The van der Waals surface area contributed by atoms with E-state index in [-0.39, 0.29) is 0 Å². The third kappa shape index (κ3) is 8.02. The number of carbonyl (C=O) groups is 1. The number of nitrogens with one attached hydrogen (secondary N) is 1. The Morgan fingerprint density at radius 1 is 0.978 bits per heavy atom. The van der Waals surface area contributed by atoms with Crippen LogP contribution >= 0.6 is 0 Å². The molecule has 2 fully saturated rings. The Kier molecular flexibility index (Phi) is 11.4. The van der Waals surface area contributed by atoms with Crippen molar-refractivity contribution in [3.63, 3.8) is 0 Å². The first-order valence-electron chi connectivity index (χ1n) is 16.4. The smallest absolute Gasteiger partial charge is 0.146 e. The lowest BCUT2D eigenvalue weighted by atomic mass is 9.92. The van der Waals surface area contributed by atoms with Crippen LogP contribution in [0.25, 0.3) is 22.2 Å². The van der Waals surface area contributed by atoms with Crippen LogP contribution in [0, 0.1) is 0 Å². The summed E-state index contributed by atoms with van der Waals surface area (Å²) in [7, 11) is 5.83. The number of methoxy groups -OCH3 is 1. The number of carbonyl (C=O) groups excluding carboxylic acids is 1. The number of benzene rings is 2. The van der Waals surface area contributed by atoms with Gasteiger partial charge in [0.15, 0.2) is 0 Å². The van der Waals surface area contributed by atoms with Gasteiger partial charge in [-0.05, 0) is 75.3 Å².